The lowest BCUT2D eigenvalue weighted by molar-refractivity contribution is 0.0943. The number of carbonyl (C=O) groups is 1. The van der Waals surface area contributed by atoms with E-state index >= 15 is 0 Å². The van der Waals surface area contributed by atoms with Crippen molar-refractivity contribution in [1.82, 2.24) is 15.3 Å². The quantitative estimate of drug-likeness (QED) is 0.249. The van der Waals surface area contributed by atoms with Crippen LogP contribution in [0.1, 0.15) is 125 Å². The number of rotatable bonds is 16. The zero-order chi connectivity index (χ0) is 23.3. The first kappa shape index (κ1) is 25.9. The lowest BCUT2D eigenvalue weighted by Crippen LogP contribution is -2.26. The van der Waals surface area contributed by atoms with E-state index in [0.29, 0.717) is 12.4 Å². The highest BCUT2D eigenvalue weighted by molar-refractivity contribution is 7.19. The summed E-state index contributed by atoms with van der Waals surface area (Å²) < 4.78 is 0. The highest BCUT2D eigenvalue weighted by atomic mass is 32.1. The number of anilines is 1. The number of nitrogens with zero attached hydrogens (tertiary/aromatic N) is 2. The van der Waals surface area contributed by atoms with E-state index in [4.69, 9.17) is 9.97 Å². The largest absolute Gasteiger partial charge is 0.369 e. The highest BCUT2D eigenvalue weighted by Gasteiger charge is 2.22. The predicted octanol–water partition coefficient (Wildman–Crippen LogP) is 7.43. The van der Waals surface area contributed by atoms with E-state index in [-0.39, 0.29) is 5.91 Å². The number of amides is 1. The van der Waals surface area contributed by atoms with Gasteiger partial charge >= 0.3 is 0 Å². The lowest BCUT2D eigenvalue weighted by atomic mass is 9.97. The second-order valence-electron chi connectivity index (χ2n) is 9.51. The fourth-order valence-electron chi connectivity index (χ4n) is 4.69. The van der Waals surface area contributed by atoms with E-state index in [1.807, 2.05) is 0 Å². The summed E-state index contributed by atoms with van der Waals surface area (Å²) >= 11 is 1.77. The maximum Gasteiger partial charge on any atom is 0.289 e. The van der Waals surface area contributed by atoms with Crippen LogP contribution in [-0.4, -0.2) is 29.0 Å². The Labute approximate surface area is 204 Å². The van der Waals surface area contributed by atoms with E-state index in [9.17, 15) is 4.79 Å². The average Bonchev–Trinajstić information content (AvgIpc) is 3.21. The third-order valence-electron chi connectivity index (χ3n) is 6.66. The molecule has 3 rings (SSSR count). The number of hydrogen-bond donors (Lipinski definition) is 2. The molecular formula is C27H44N4OS. The fourth-order valence-corrected chi connectivity index (χ4v) is 5.95. The number of aryl methyl sites for hydroxylation is 2. The molecule has 6 heteroatoms. The predicted molar refractivity (Wildman–Crippen MR) is 142 cm³/mol. The van der Waals surface area contributed by atoms with Gasteiger partial charge in [0.05, 0.1) is 5.39 Å². The Kier molecular flexibility index (Phi) is 11.4. The standard InChI is InChI=1S/C27H44N4OS/c1-3-5-7-9-11-15-19-28-24-23-21-17-13-14-18-22(21)33-27(23)31-25(30-24)26(32)29-20-16-12-10-8-6-4-2/h3-20H2,1-2H3,(H,29,32)(H,28,30,31). The van der Waals surface area contributed by atoms with Gasteiger partial charge in [-0.1, -0.05) is 78.1 Å². The third kappa shape index (κ3) is 7.94. The normalized spacial score (nSPS) is 13.3. The van der Waals surface area contributed by atoms with Crippen molar-refractivity contribution in [3.8, 4) is 0 Å². The van der Waals surface area contributed by atoms with E-state index in [1.54, 1.807) is 11.3 Å². The van der Waals surface area contributed by atoms with Gasteiger partial charge in [-0.05, 0) is 44.1 Å². The fraction of sp³-hybridized carbons (Fsp3) is 0.741. The minimum atomic E-state index is -0.139. The second kappa shape index (κ2) is 14.5. The molecule has 33 heavy (non-hydrogen) atoms. The van der Waals surface area contributed by atoms with E-state index in [2.05, 4.69) is 24.5 Å². The summed E-state index contributed by atoms with van der Waals surface area (Å²) in [6, 6.07) is 0. The van der Waals surface area contributed by atoms with Crippen molar-refractivity contribution in [1.29, 1.82) is 0 Å². The smallest absolute Gasteiger partial charge is 0.289 e. The number of carbonyl (C=O) groups excluding carboxylic acids is 1. The summed E-state index contributed by atoms with van der Waals surface area (Å²) in [4.78, 5) is 24.7. The molecule has 0 saturated carbocycles. The summed E-state index contributed by atoms with van der Waals surface area (Å²) in [6.45, 7) is 6.10. The number of aromatic nitrogens is 2. The van der Waals surface area contributed by atoms with Gasteiger partial charge in [-0.15, -0.1) is 11.3 Å². The van der Waals surface area contributed by atoms with Crippen LogP contribution in [0.4, 0.5) is 5.82 Å². The molecule has 0 bridgehead atoms. The summed E-state index contributed by atoms with van der Waals surface area (Å²) in [5, 5.41) is 7.81. The number of thiophene rings is 1. The summed E-state index contributed by atoms with van der Waals surface area (Å²) in [6.07, 6.45) is 19.6. The highest BCUT2D eigenvalue weighted by Crippen LogP contribution is 2.38. The first-order chi connectivity index (χ1) is 16.2. The SMILES string of the molecule is CCCCCCCCNC(=O)c1nc(NCCCCCCCC)c2c3c(sc2n1)CCCC3. The van der Waals surface area contributed by atoms with Gasteiger partial charge in [0.1, 0.15) is 10.6 Å². The minimum absolute atomic E-state index is 0.139. The maximum absolute atomic E-state index is 12.8. The molecule has 0 fully saturated rings. The van der Waals surface area contributed by atoms with Gasteiger partial charge in [-0.2, -0.15) is 0 Å². The molecule has 1 amide bonds. The van der Waals surface area contributed by atoms with Crippen molar-refractivity contribution >= 4 is 33.3 Å². The van der Waals surface area contributed by atoms with Gasteiger partial charge in [0, 0.05) is 18.0 Å². The van der Waals surface area contributed by atoms with Crippen LogP contribution in [0.15, 0.2) is 0 Å². The third-order valence-corrected chi connectivity index (χ3v) is 7.84. The van der Waals surface area contributed by atoms with Crippen LogP contribution in [0.5, 0.6) is 0 Å². The van der Waals surface area contributed by atoms with Crippen LogP contribution in [0, 0.1) is 0 Å². The molecule has 184 valence electrons. The molecule has 1 aliphatic carbocycles. The molecule has 2 N–H and O–H groups in total. The Morgan fingerprint density at radius 3 is 2.18 bits per heavy atom. The Balaban J connectivity index is 1.62. The molecule has 1 aliphatic rings. The Bertz CT molecular complexity index is 863. The van der Waals surface area contributed by atoms with Crippen LogP contribution in [-0.2, 0) is 12.8 Å². The van der Waals surface area contributed by atoms with Crippen molar-refractivity contribution in [3.63, 3.8) is 0 Å². The summed E-state index contributed by atoms with van der Waals surface area (Å²) in [5.74, 6) is 1.05. The molecule has 2 aromatic rings. The van der Waals surface area contributed by atoms with Crippen LogP contribution in [0.25, 0.3) is 10.2 Å². The van der Waals surface area contributed by atoms with Gasteiger partial charge in [0.15, 0.2) is 0 Å². The minimum Gasteiger partial charge on any atom is -0.369 e. The molecular weight excluding hydrogens is 428 g/mol. The molecule has 0 spiro atoms. The van der Waals surface area contributed by atoms with Gasteiger partial charge in [-0.3, -0.25) is 4.79 Å². The number of fused-ring (bicyclic) bond motifs is 3. The maximum atomic E-state index is 12.8. The van der Waals surface area contributed by atoms with Gasteiger partial charge < -0.3 is 10.6 Å². The van der Waals surface area contributed by atoms with Crippen molar-refractivity contribution < 1.29 is 4.79 Å². The second-order valence-corrected chi connectivity index (χ2v) is 10.6. The zero-order valence-corrected chi connectivity index (χ0v) is 21.8. The summed E-state index contributed by atoms with van der Waals surface area (Å²) in [7, 11) is 0. The van der Waals surface area contributed by atoms with E-state index in [1.165, 1.54) is 92.9 Å². The Hall–Kier alpha value is -1.69. The molecule has 0 atom stereocenters. The van der Waals surface area contributed by atoms with Crippen LogP contribution in [0.2, 0.25) is 0 Å². The molecule has 0 aliphatic heterocycles. The van der Waals surface area contributed by atoms with Crippen LogP contribution in [0.3, 0.4) is 0 Å². The molecule has 0 saturated heterocycles. The molecule has 5 nitrogen and oxygen atoms in total. The molecule has 2 heterocycles. The molecule has 0 radical (unpaired) electrons. The first-order valence-electron chi connectivity index (χ1n) is 13.6. The zero-order valence-electron chi connectivity index (χ0n) is 20.9. The lowest BCUT2D eigenvalue weighted by Gasteiger charge is -2.13. The van der Waals surface area contributed by atoms with E-state index < -0.39 is 0 Å². The Morgan fingerprint density at radius 2 is 1.45 bits per heavy atom. The molecule has 0 aromatic carbocycles. The van der Waals surface area contributed by atoms with Gasteiger partial charge in [0.2, 0.25) is 5.82 Å². The van der Waals surface area contributed by atoms with Crippen LogP contribution >= 0.6 is 11.3 Å². The van der Waals surface area contributed by atoms with Crippen LogP contribution < -0.4 is 10.6 Å². The Morgan fingerprint density at radius 1 is 0.818 bits per heavy atom. The monoisotopic (exact) mass is 472 g/mol. The van der Waals surface area contributed by atoms with Crippen molar-refractivity contribution in [3.05, 3.63) is 16.3 Å². The van der Waals surface area contributed by atoms with Crippen molar-refractivity contribution in [2.75, 3.05) is 18.4 Å². The molecule has 0 unspecified atom stereocenters. The van der Waals surface area contributed by atoms with E-state index in [0.717, 1.165) is 42.9 Å². The molecule has 2 aromatic heterocycles. The number of unbranched alkanes of at least 4 members (excludes halogenated alkanes) is 10. The topological polar surface area (TPSA) is 66.9 Å². The van der Waals surface area contributed by atoms with Crippen molar-refractivity contribution in [2.45, 2.75) is 117 Å². The number of hydrogen-bond acceptors (Lipinski definition) is 5. The van der Waals surface area contributed by atoms with Gasteiger partial charge in [-0.25, -0.2) is 9.97 Å². The van der Waals surface area contributed by atoms with Crippen molar-refractivity contribution in [2.24, 2.45) is 0 Å². The van der Waals surface area contributed by atoms with Gasteiger partial charge in [0.25, 0.3) is 5.91 Å². The first-order valence-corrected chi connectivity index (χ1v) is 14.4. The average molecular weight is 473 g/mol. The summed E-state index contributed by atoms with van der Waals surface area (Å²) in [5.41, 5.74) is 1.42. The number of nitrogens with one attached hydrogen (secondary N) is 2.